The van der Waals surface area contributed by atoms with Gasteiger partial charge in [-0.25, -0.2) is 13.1 Å². The minimum absolute atomic E-state index is 0.0155. The minimum atomic E-state index is -3.45. The van der Waals surface area contributed by atoms with Crippen molar-refractivity contribution < 1.29 is 13.2 Å². The van der Waals surface area contributed by atoms with Crippen molar-refractivity contribution in [3.8, 4) is 0 Å². The molecule has 2 unspecified atom stereocenters. The van der Waals surface area contributed by atoms with Crippen LogP contribution in [0.2, 0.25) is 0 Å². The Kier molecular flexibility index (Phi) is 5.69. The molecule has 5 heteroatoms. The van der Waals surface area contributed by atoms with Crippen LogP contribution in [0.1, 0.15) is 38.7 Å². The van der Waals surface area contributed by atoms with Gasteiger partial charge in [-0.2, -0.15) is 0 Å². The molecule has 0 saturated heterocycles. The van der Waals surface area contributed by atoms with Gasteiger partial charge in [0.25, 0.3) is 0 Å². The molecule has 0 aliphatic carbocycles. The van der Waals surface area contributed by atoms with Gasteiger partial charge in [-0.05, 0) is 18.4 Å². The molecular formula is C14H21NO3S. The van der Waals surface area contributed by atoms with E-state index in [2.05, 4.69) is 4.72 Å². The summed E-state index contributed by atoms with van der Waals surface area (Å²) < 4.78 is 26.4. The summed E-state index contributed by atoms with van der Waals surface area (Å²) in [5.74, 6) is -0.225. The van der Waals surface area contributed by atoms with Gasteiger partial charge in [-0.15, -0.1) is 0 Å². The van der Waals surface area contributed by atoms with Crippen LogP contribution < -0.4 is 4.72 Å². The molecule has 1 N–H and O–H groups in total. The van der Waals surface area contributed by atoms with Gasteiger partial charge >= 0.3 is 0 Å². The maximum absolute atomic E-state index is 12.0. The van der Waals surface area contributed by atoms with E-state index in [0.717, 1.165) is 5.56 Å². The summed E-state index contributed by atoms with van der Waals surface area (Å²) in [5.41, 5.74) is 0.974. The lowest BCUT2D eigenvalue weighted by Gasteiger charge is -2.16. The lowest BCUT2D eigenvalue weighted by molar-refractivity contribution is -0.119. The first kappa shape index (κ1) is 15.9. The van der Waals surface area contributed by atoms with Crippen molar-refractivity contribution in [2.75, 3.05) is 5.75 Å². The molecule has 0 bridgehead atoms. The predicted molar refractivity (Wildman–Crippen MR) is 76.5 cm³/mol. The second-order valence-corrected chi connectivity index (χ2v) is 6.55. The number of ketones is 1. The van der Waals surface area contributed by atoms with Crippen LogP contribution in [0.3, 0.4) is 0 Å². The zero-order chi connectivity index (χ0) is 14.5. The van der Waals surface area contributed by atoms with Crippen LogP contribution in [-0.2, 0) is 14.8 Å². The number of hydrogen-bond donors (Lipinski definition) is 1. The van der Waals surface area contributed by atoms with Crippen molar-refractivity contribution in [3.05, 3.63) is 35.9 Å². The van der Waals surface area contributed by atoms with Crippen LogP contribution in [0.5, 0.6) is 0 Å². The van der Waals surface area contributed by atoms with Crippen LogP contribution in [0, 0.1) is 0 Å². The van der Waals surface area contributed by atoms with Gasteiger partial charge in [0.2, 0.25) is 10.0 Å². The number of hydrogen-bond acceptors (Lipinski definition) is 3. The number of carbonyl (C=O) groups is 1. The Balaban J connectivity index is 2.67. The smallest absolute Gasteiger partial charge is 0.212 e. The van der Waals surface area contributed by atoms with Gasteiger partial charge in [-0.3, -0.25) is 4.79 Å². The molecule has 0 heterocycles. The molecule has 0 aliphatic rings. The molecule has 1 aromatic rings. The summed E-state index contributed by atoms with van der Waals surface area (Å²) in [4.78, 5) is 11.4. The predicted octanol–water partition coefficient (Wildman–Crippen LogP) is 2.08. The minimum Gasteiger partial charge on any atom is -0.298 e. The molecule has 2 atom stereocenters. The van der Waals surface area contributed by atoms with E-state index >= 15 is 0 Å². The Morgan fingerprint density at radius 2 is 1.79 bits per heavy atom. The van der Waals surface area contributed by atoms with Crippen LogP contribution in [0.15, 0.2) is 30.3 Å². The molecule has 0 amide bonds. The van der Waals surface area contributed by atoms with E-state index < -0.39 is 16.1 Å². The Morgan fingerprint density at radius 3 is 2.32 bits per heavy atom. The number of Topliss-reactive ketones (excluding diaryl/α,β-unsaturated/α-hetero) is 1. The summed E-state index contributed by atoms with van der Waals surface area (Å²) in [5, 5.41) is 0. The second-order valence-electron chi connectivity index (χ2n) is 4.75. The van der Waals surface area contributed by atoms with Gasteiger partial charge < -0.3 is 0 Å². The lowest BCUT2D eigenvalue weighted by Crippen LogP contribution is -2.40. The summed E-state index contributed by atoms with van der Waals surface area (Å²) in [7, 11) is -3.45. The average molecular weight is 283 g/mol. The molecule has 0 aromatic heterocycles. The Bertz CT molecular complexity index is 511. The van der Waals surface area contributed by atoms with Crippen molar-refractivity contribution in [3.63, 3.8) is 0 Å². The van der Waals surface area contributed by atoms with Crippen LogP contribution in [0.4, 0.5) is 0 Å². The molecule has 106 valence electrons. The topological polar surface area (TPSA) is 63.2 Å². The molecule has 0 radical (unpaired) electrons. The zero-order valence-corrected chi connectivity index (χ0v) is 12.4. The molecule has 4 nitrogen and oxygen atoms in total. The van der Waals surface area contributed by atoms with E-state index in [0.29, 0.717) is 6.42 Å². The molecule has 0 spiro atoms. The molecular weight excluding hydrogens is 262 g/mol. The molecule has 0 fully saturated rings. The van der Waals surface area contributed by atoms with E-state index in [4.69, 9.17) is 0 Å². The third kappa shape index (κ3) is 5.12. The van der Waals surface area contributed by atoms with Crippen molar-refractivity contribution in [2.24, 2.45) is 0 Å². The number of benzene rings is 1. The maximum Gasteiger partial charge on any atom is 0.212 e. The number of carbonyl (C=O) groups excluding carboxylic acids is 1. The van der Waals surface area contributed by atoms with Crippen molar-refractivity contribution in [1.29, 1.82) is 0 Å². The fourth-order valence-corrected chi connectivity index (χ4v) is 3.51. The van der Waals surface area contributed by atoms with Crippen LogP contribution >= 0.6 is 0 Å². The third-order valence-corrected chi connectivity index (χ3v) is 4.68. The maximum atomic E-state index is 12.0. The fourth-order valence-electron chi connectivity index (χ4n) is 1.90. The lowest BCUT2D eigenvalue weighted by atomic mass is 10.0. The highest BCUT2D eigenvalue weighted by atomic mass is 32.2. The zero-order valence-electron chi connectivity index (χ0n) is 11.6. The summed E-state index contributed by atoms with van der Waals surface area (Å²) >= 11 is 0. The van der Waals surface area contributed by atoms with Gasteiger partial charge in [-0.1, -0.05) is 44.2 Å². The molecule has 19 heavy (non-hydrogen) atoms. The SMILES string of the molecule is CCC(=O)C(C)NS(=O)(=O)CC(C)c1ccccc1. The van der Waals surface area contributed by atoms with Crippen LogP contribution in [-0.4, -0.2) is 26.0 Å². The van der Waals surface area contributed by atoms with E-state index in [1.165, 1.54) is 0 Å². The van der Waals surface area contributed by atoms with E-state index in [9.17, 15) is 13.2 Å². The van der Waals surface area contributed by atoms with Crippen LogP contribution in [0.25, 0.3) is 0 Å². The van der Waals surface area contributed by atoms with Gasteiger partial charge in [0.1, 0.15) is 5.78 Å². The first-order valence-corrected chi connectivity index (χ1v) is 8.08. The normalized spacial score (nSPS) is 14.9. The Hall–Kier alpha value is -1.20. The molecule has 1 rings (SSSR count). The first-order chi connectivity index (χ1) is 8.85. The molecule has 1 aromatic carbocycles. The number of nitrogens with one attached hydrogen (secondary N) is 1. The average Bonchev–Trinajstić information content (AvgIpc) is 2.37. The third-order valence-electron chi connectivity index (χ3n) is 3.03. The number of sulfonamides is 1. The largest absolute Gasteiger partial charge is 0.298 e. The fraction of sp³-hybridized carbons (Fsp3) is 0.500. The molecule has 0 saturated carbocycles. The first-order valence-electron chi connectivity index (χ1n) is 6.43. The summed E-state index contributed by atoms with van der Waals surface area (Å²) in [6, 6.07) is 8.81. The highest BCUT2D eigenvalue weighted by Gasteiger charge is 2.21. The Morgan fingerprint density at radius 1 is 1.21 bits per heavy atom. The van der Waals surface area contributed by atoms with Gasteiger partial charge in [0.15, 0.2) is 0 Å². The quantitative estimate of drug-likeness (QED) is 0.833. The second kappa shape index (κ2) is 6.82. The van der Waals surface area contributed by atoms with Gasteiger partial charge in [0.05, 0.1) is 11.8 Å². The van der Waals surface area contributed by atoms with Crippen molar-refractivity contribution in [1.82, 2.24) is 4.72 Å². The van der Waals surface area contributed by atoms with E-state index in [1.54, 1.807) is 13.8 Å². The van der Waals surface area contributed by atoms with Crippen molar-refractivity contribution >= 4 is 15.8 Å². The van der Waals surface area contributed by atoms with Crippen molar-refractivity contribution in [2.45, 2.75) is 39.2 Å². The Labute approximate surface area is 115 Å². The van der Waals surface area contributed by atoms with Gasteiger partial charge in [0, 0.05) is 6.42 Å². The summed E-state index contributed by atoms with van der Waals surface area (Å²) in [6.45, 7) is 5.16. The standard InChI is InChI=1S/C14H21NO3S/c1-4-14(16)12(3)15-19(17,18)10-11(2)13-8-6-5-7-9-13/h5-9,11-12,15H,4,10H2,1-3H3. The number of rotatable bonds is 7. The molecule has 0 aliphatic heterocycles. The van der Waals surface area contributed by atoms with E-state index in [1.807, 2.05) is 37.3 Å². The highest BCUT2D eigenvalue weighted by molar-refractivity contribution is 7.89. The summed E-state index contributed by atoms with van der Waals surface area (Å²) in [6.07, 6.45) is 0.331. The monoisotopic (exact) mass is 283 g/mol. The van der Waals surface area contributed by atoms with E-state index in [-0.39, 0.29) is 17.5 Å². The highest BCUT2D eigenvalue weighted by Crippen LogP contribution is 2.16.